The zero-order valence-electron chi connectivity index (χ0n) is 16.3. The van der Waals surface area contributed by atoms with Gasteiger partial charge in [0.05, 0.1) is 6.04 Å². The van der Waals surface area contributed by atoms with Gasteiger partial charge in [-0.3, -0.25) is 14.4 Å². The number of esters is 1. The molecule has 158 valence electrons. The van der Waals surface area contributed by atoms with Crippen LogP contribution < -0.4 is 20.1 Å². The van der Waals surface area contributed by atoms with Crippen LogP contribution in [0.3, 0.4) is 0 Å². The second kappa shape index (κ2) is 10.1. The molecule has 9 heteroatoms. The van der Waals surface area contributed by atoms with E-state index in [1.165, 1.54) is 0 Å². The average molecular weight is 477 g/mol. The Morgan fingerprint density at radius 3 is 2.50 bits per heavy atom. The van der Waals surface area contributed by atoms with Gasteiger partial charge in [0.1, 0.15) is 19.8 Å². The second-order valence-electron chi connectivity index (χ2n) is 6.54. The summed E-state index contributed by atoms with van der Waals surface area (Å²) in [4.78, 5) is 35.8. The fourth-order valence-corrected chi connectivity index (χ4v) is 3.01. The molecule has 3 rings (SSSR count). The van der Waals surface area contributed by atoms with Crippen LogP contribution in [0.2, 0.25) is 0 Å². The molecule has 0 fully saturated rings. The van der Waals surface area contributed by atoms with E-state index in [9.17, 15) is 14.4 Å². The van der Waals surface area contributed by atoms with E-state index in [2.05, 4.69) is 26.6 Å². The molecular weight excluding hydrogens is 456 g/mol. The SMILES string of the molecule is C[C@H](NC(=O)COC(=O)CNC(=O)c1ccc(Br)cc1)c1ccc2c(c1)OCCO2. The number of hydrogen-bond donors (Lipinski definition) is 2. The number of hydrogen-bond acceptors (Lipinski definition) is 6. The van der Waals surface area contributed by atoms with Crippen LogP contribution in [-0.4, -0.2) is 44.1 Å². The molecule has 1 atom stereocenters. The zero-order chi connectivity index (χ0) is 21.5. The van der Waals surface area contributed by atoms with E-state index < -0.39 is 24.4 Å². The van der Waals surface area contributed by atoms with Crippen LogP contribution in [0, 0.1) is 0 Å². The molecule has 0 aliphatic carbocycles. The summed E-state index contributed by atoms with van der Waals surface area (Å²) in [5.74, 6) is -0.265. The molecular formula is C21H21BrN2O6. The predicted octanol–water partition coefficient (Wildman–Crippen LogP) is 2.37. The first-order chi connectivity index (χ1) is 14.4. The predicted molar refractivity (Wildman–Crippen MR) is 111 cm³/mol. The summed E-state index contributed by atoms with van der Waals surface area (Å²) in [7, 11) is 0. The number of rotatable bonds is 7. The van der Waals surface area contributed by atoms with Crippen molar-refractivity contribution in [1.29, 1.82) is 0 Å². The first kappa shape index (κ1) is 21.6. The number of fused-ring (bicyclic) bond motifs is 1. The van der Waals surface area contributed by atoms with Gasteiger partial charge >= 0.3 is 5.97 Å². The number of halogens is 1. The normalized spacial score (nSPS) is 13.1. The largest absolute Gasteiger partial charge is 0.486 e. The van der Waals surface area contributed by atoms with E-state index in [4.69, 9.17) is 14.2 Å². The van der Waals surface area contributed by atoms with Crippen molar-refractivity contribution in [3.8, 4) is 11.5 Å². The third-order valence-corrected chi connectivity index (χ3v) is 4.84. The van der Waals surface area contributed by atoms with Crippen LogP contribution in [-0.2, 0) is 14.3 Å². The molecule has 30 heavy (non-hydrogen) atoms. The molecule has 8 nitrogen and oxygen atoms in total. The van der Waals surface area contributed by atoms with Gasteiger partial charge < -0.3 is 24.8 Å². The quantitative estimate of drug-likeness (QED) is 0.594. The zero-order valence-corrected chi connectivity index (χ0v) is 17.9. The van der Waals surface area contributed by atoms with Gasteiger partial charge in [-0.2, -0.15) is 0 Å². The van der Waals surface area contributed by atoms with E-state index >= 15 is 0 Å². The van der Waals surface area contributed by atoms with Crippen LogP contribution in [0.4, 0.5) is 0 Å². The molecule has 0 aromatic heterocycles. The molecule has 1 aliphatic heterocycles. The Labute approximate surface area is 182 Å². The van der Waals surface area contributed by atoms with E-state index in [1.807, 2.05) is 19.1 Å². The van der Waals surface area contributed by atoms with Crippen LogP contribution in [0.1, 0.15) is 28.9 Å². The average Bonchev–Trinajstić information content (AvgIpc) is 2.76. The van der Waals surface area contributed by atoms with Crippen molar-refractivity contribution in [3.05, 3.63) is 58.1 Å². The number of carbonyl (C=O) groups excluding carboxylic acids is 3. The molecule has 0 bridgehead atoms. The Bertz CT molecular complexity index is 932. The highest BCUT2D eigenvalue weighted by Crippen LogP contribution is 2.32. The van der Waals surface area contributed by atoms with Gasteiger partial charge in [0, 0.05) is 10.0 Å². The molecule has 0 saturated carbocycles. The molecule has 0 saturated heterocycles. The van der Waals surface area contributed by atoms with Crippen molar-refractivity contribution < 1.29 is 28.6 Å². The molecule has 2 N–H and O–H groups in total. The minimum atomic E-state index is -0.706. The van der Waals surface area contributed by atoms with E-state index in [-0.39, 0.29) is 12.6 Å². The molecule has 2 amide bonds. The van der Waals surface area contributed by atoms with Gasteiger partial charge in [-0.15, -0.1) is 0 Å². The number of carbonyl (C=O) groups is 3. The first-order valence-corrected chi connectivity index (χ1v) is 10.1. The lowest BCUT2D eigenvalue weighted by molar-refractivity contribution is -0.147. The maximum atomic E-state index is 12.1. The Kier molecular flexibility index (Phi) is 7.29. The number of ether oxygens (including phenoxy) is 3. The highest BCUT2D eigenvalue weighted by molar-refractivity contribution is 9.10. The van der Waals surface area contributed by atoms with Crippen LogP contribution >= 0.6 is 15.9 Å². The summed E-state index contributed by atoms with van der Waals surface area (Å²) in [5, 5.41) is 5.20. The molecule has 0 radical (unpaired) electrons. The van der Waals surface area contributed by atoms with E-state index in [1.54, 1.807) is 30.3 Å². The van der Waals surface area contributed by atoms with Crippen molar-refractivity contribution >= 4 is 33.7 Å². The molecule has 0 spiro atoms. The van der Waals surface area contributed by atoms with Gasteiger partial charge in [0.15, 0.2) is 18.1 Å². The summed E-state index contributed by atoms with van der Waals surface area (Å²) in [6.07, 6.45) is 0. The van der Waals surface area contributed by atoms with E-state index in [0.29, 0.717) is 30.3 Å². The number of nitrogens with one attached hydrogen (secondary N) is 2. The first-order valence-electron chi connectivity index (χ1n) is 9.30. The second-order valence-corrected chi connectivity index (χ2v) is 7.46. The van der Waals surface area contributed by atoms with E-state index in [0.717, 1.165) is 10.0 Å². The number of benzene rings is 2. The Morgan fingerprint density at radius 2 is 1.77 bits per heavy atom. The molecule has 1 aliphatic rings. The molecule has 1 heterocycles. The number of amides is 2. The Morgan fingerprint density at radius 1 is 1.07 bits per heavy atom. The third kappa shape index (κ3) is 5.96. The minimum Gasteiger partial charge on any atom is -0.486 e. The summed E-state index contributed by atoms with van der Waals surface area (Å²) in [5.41, 5.74) is 1.25. The van der Waals surface area contributed by atoms with Gasteiger partial charge in [-0.1, -0.05) is 22.0 Å². The minimum absolute atomic E-state index is 0.316. The van der Waals surface area contributed by atoms with Crippen LogP contribution in [0.5, 0.6) is 11.5 Å². The maximum Gasteiger partial charge on any atom is 0.325 e. The lowest BCUT2D eigenvalue weighted by atomic mass is 10.1. The van der Waals surface area contributed by atoms with Gasteiger partial charge in [-0.25, -0.2) is 0 Å². The van der Waals surface area contributed by atoms with Gasteiger partial charge in [0.2, 0.25) is 0 Å². The lowest BCUT2D eigenvalue weighted by Crippen LogP contribution is -2.34. The fourth-order valence-electron chi connectivity index (χ4n) is 2.75. The van der Waals surface area contributed by atoms with Gasteiger partial charge in [-0.05, 0) is 48.9 Å². The van der Waals surface area contributed by atoms with Crippen molar-refractivity contribution in [2.24, 2.45) is 0 Å². The topological polar surface area (TPSA) is 103 Å². The smallest absolute Gasteiger partial charge is 0.325 e. The van der Waals surface area contributed by atoms with Crippen molar-refractivity contribution in [2.75, 3.05) is 26.4 Å². The van der Waals surface area contributed by atoms with Crippen molar-refractivity contribution in [2.45, 2.75) is 13.0 Å². The summed E-state index contributed by atoms with van der Waals surface area (Å²) in [6, 6.07) is 11.8. The third-order valence-electron chi connectivity index (χ3n) is 4.31. The summed E-state index contributed by atoms with van der Waals surface area (Å²) < 4.78 is 16.8. The Hall–Kier alpha value is -3.07. The standard InChI is InChI=1S/C21H21BrN2O6/c1-13(15-4-7-17-18(10-15)29-9-8-28-17)24-19(25)12-30-20(26)11-23-21(27)14-2-5-16(22)6-3-14/h2-7,10,13H,8-9,11-12H2,1H3,(H,23,27)(H,24,25)/t13-/m0/s1. The highest BCUT2D eigenvalue weighted by Gasteiger charge is 2.17. The summed E-state index contributed by atoms with van der Waals surface area (Å²) in [6.45, 7) is 2.02. The Balaban J connectivity index is 1.41. The summed E-state index contributed by atoms with van der Waals surface area (Å²) >= 11 is 3.28. The van der Waals surface area contributed by atoms with Crippen LogP contribution in [0.15, 0.2) is 46.9 Å². The maximum absolute atomic E-state index is 12.1. The lowest BCUT2D eigenvalue weighted by Gasteiger charge is -2.21. The fraction of sp³-hybridized carbons (Fsp3) is 0.286. The molecule has 0 unspecified atom stereocenters. The van der Waals surface area contributed by atoms with Crippen LogP contribution in [0.25, 0.3) is 0 Å². The van der Waals surface area contributed by atoms with Gasteiger partial charge in [0.25, 0.3) is 11.8 Å². The molecule has 2 aromatic rings. The molecule has 2 aromatic carbocycles. The van der Waals surface area contributed by atoms with Crippen molar-refractivity contribution in [1.82, 2.24) is 10.6 Å². The highest BCUT2D eigenvalue weighted by atomic mass is 79.9. The monoisotopic (exact) mass is 476 g/mol. The van der Waals surface area contributed by atoms with Crippen molar-refractivity contribution in [3.63, 3.8) is 0 Å².